The van der Waals surface area contributed by atoms with E-state index >= 15 is 0 Å². The summed E-state index contributed by atoms with van der Waals surface area (Å²) >= 11 is 0. The van der Waals surface area contributed by atoms with Gasteiger partial charge in [-0.3, -0.25) is 0 Å². The van der Waals surface area contributed by atoms with Crippen molar-refractivity contribution in [1.29, 1.82) is 0 Å². The van der Waals surface area contributed by atoms with Crippen molar-refractivity contribution >= 4 is 15.8 Å². The molecule has 4 nitrogen and oxygen atoms in total. The van der Waals surface area contributed by atoms with E-state index in [0.29, 0.717) is 6.07 Å². The van der Waals surface area contributed by atoms with Gasteiger partial charge in [-0.15, -0.1) is 0 Å². The molecule has 0 aliphatic carbocycles. The summed E-state index contributed by atoms with van der Waals surface area (Å²) in [5.74, 6) is -1.53. The highest BCUT2D eigenvalue weighted by Crippen LogP contribution is 2.38. The Morgan fingerprint density at radius 2 is 1.73 bits per heavy atom. The first-order chi connectivity index (χ1) is 9.96. The zero-order chi connectivity index (χ0) is 17.3. The predicted molar refractivity (Wildman–Crippen MR) is 74.7 cm³/mol. The Hall–Kier alpha value is -1.57. The minimum atomic E-state index is -4.95. The zero-order valence-corrected chi connectivity index (χ0v) is 13.2. The van der Waals surface area contributed by atoms with Crippen LogP contribution in [0.1, 0.15) is 48.2 Å². The van der Waals surface area contributed by atoms with Crippen LogP contribution in [0.2, 0.25) is 0 Å². The number of carboxylic acid groups (broad SMARTS) is 1. The van der Waals surface area contributed by atoms with Crippen molar-refractivity contribution in [1.82, 2.24) is 0 Å². The van der Waals surface area contributed by atoms with Gasteiger partial charge in [0.25, 0.3) is 0 Å². The highest BCUT2D eigenvalue weighted by atomic mass is 32.2. The van der Waals surface area contributed by atoms with E-state index in [1.165, 1.54) is 6.92 Å². The molecule has 0 heterocycles. The van der Waals surface area contributed by atoms with E-state index in [0.717, 1.165) is 6.07 Å². The lowest BCUT2D eigenvalue weighted by Crippen LogP contribution is -2.24. The van der Waals surface area contributed by atoms with Crippen LogP contribution in [0.5, 0.6) is 0 Å². The van der Waals surface area contributed by atoms with Crippen molar-refractivity contribution < 1.29 is 31.5 Å². The van der Waals surface area contributed by atoms with Gasteiger partial charge in [0.05, 0.1) is 21.3 Å². The van der Waals surface area contributed by atoms with Crippen molar-refractivity contribution in [3.05, 3.63) is 28.8 Å². The van der Waals surface area contributed by atoms with Crippen LogP contribution in [0.15, 0.2) is 17.0 Å². The number of hydrogen-bond donors (Lipinski definition) is 1. The molecule has 0 amide bonds. The Kier molecular flexibility index (Phi) is 5.27. The van der Waals surface area contributed by atoms with E-state index in [4.69, 9.17) is 5.11 Å². The number of alkyl halides is 3. The predicted octanol–water partition coefficient (Wildman–Crippen LogP) is 3.67. The molecule has 1 aromatic rings. The second-order valence-electron chi connectivity index (χ2n) is 4.95. The van der Waals surface area contributed by atoms with Crippen LogP contribution in [0, 0.1) is 6.92 Å². The van der Waals surface area contributed by atoms with Gasteiger partial charge in [0.2, 0.25) is 0 Å². The standard InChI is InChI=1S/C14H17F3O4S/c1-4-9(5-2)22(20,21)12-6-8(3)10(13(18)19)7-11(12)14(15,16)17/h6-7,9H,4-5H2,1-3H3,(H,18,19). The first kappa shape index (κ1) is 18.5. The number of aryl methyl sites for hydroxylation is 1. The molecule has 0 spiro atoms. The fourth-order valence-corrected chi connectivity index (χ4v) is 4.33. The Bertz CT molecular complexity index is 674. The quantitative estimate of drug-likeness (QED) is 0.889. The number of halogens is 3. The average molecular weight is 338 g/mol. The summed E-state index contributed by atoms with van der Waals surface area (Å²) in [4.78, 5) is 10.1. The van der Waals surface area contributed by atoms with Crippen LogP contribution >= 0.6 is 0 Å². The maximum Gasteiger partial charge on any atom is 0.417 e. The van der Waals surface area contributed by atoms with Crippen LogP contribution in [0.25, 0.3) is 0 Å². The first-order valence-corrected chi connectivity index (χ1v) is 8.20. The molecule has 22 heavy (non-hydrogen) atoms. The number of benzene rings is 1. The first-order valence-electron chi connectivity index (χ1n) is 6.65. The van der Waals surface area contributed by atoms with Crippen molar-refractivity contribution in [2.24, 2.45) is 0 Å². The summed E-state index contributed by atoms with van der Waals surface area (Å²) < 4.78 is 64.4. The smallest absolute Gasteiger partial charge is 0.417 e. The lowest BCUT2D eigenvalue weighted by Gasteiger charge is -2.19. The van der Waals surface area contributed by atoms with Gasteiger partial charge >= 0.3 is 12.1 Å². The molecule has 0 atom stereocenters. The monoisotopic (exact) mass is 338 g/mol. The molecule has 8 heteroatoms. The second-order valence-corrected chi connectivity index (χ2v) is 7.15. The molecule has 0 unspecified atom stereocenters. The van der Waals surface area contributed by atoms with Crippen molar-refractivity contribution in [2.75, 3.05) is 0 Å². The molecule has 1 rings (SSSR count). The van der Waals surface area contributed by atoms with Crippen LogP contribution in [-0.2, 0) is 16.0 Å². The van der Waals surface area contributed by atoms with E-state index in [2.05, 4.69) is 0 Å². The van der Waals surface area contributed by atoms with Crippen molar-refractivity contribution in [3.63, 3.8) is 0 Å². The molecule has 124 valence electrons. The van der Waals surface area contributed by atoms with Gasteiger partial charge < -0.3 is 5.11 Å². The summed E-state index contributed by atoms with van der Waals surface area (Å²) in [6, 6.07) is 1.20. The van der Waals surface area contributed by atoms with E-state index in [-0.39, 0.29) is 18.4 Å². The summed E-state index contributed by atoms with van der Waals surface area (Å²) in [5.41, 5.74) is -2.01. The summed E-state index contributed by atoms with van der Waals surface area (Å²) in [6.45, 7) is 4.43. The van der Waals surface area contributed by atoms with Gasteiger partial charge in [0.15, 0.2) is 9.84 Å². The maximum absolute atomic E-state index is 13.2. The summed E-state index contributed by atoms with van der Waals surface area (Å²) in [5, 5.41) is 7.99. The van der Waals surface area contributed by atoms with Crippen LogP contribution in [0.4, 0.5) is 13.2 Å². The topological polar surface area (TPSA) is 71.4 Å². The molecule has 1 N–H and O–H groups in total. The van der Waals surface area contributed by atoms with Crippen LogP contribution < -0.4 is 0 Å². The number of carboxylic acids is 1. The normalized spacial score (nSPS) is 12.7. The third kappa shape index (κ3) is 3.43. The van der Waals surface area contributed by atoms with Gasteiger partial charge in [-0.1, -0.05) is 13.8 Å². The van der Waals surface area contributed by atoms with Crippen LogP contribution in [-0.4, -0.2) is 24.7 Å². The molecule has 0 radical (unpaired) electrons. The lowest BCUT2D eigenvalue weighted by molar-refractivity contribution is -0.139. The fraction of sp³-hybridized carbons (Fsp3) is 0.500. The van der Waals surface area contributed by atoms with E-state index in [9.17, 15) is 26.4 Å². The number of rotatable bonds is 5. The molecule has 0 bridgehead atoms. The largest absolute Gasteiger partial charge is 0.478 e. The lowest BCUT2D eigenvalue weighted by atomic mass is 10.0. The zero-order valence-electron chi connectivity index (χ0n) is 12.4. The molecule has 0 aromatic heterocycles. The van der Waals surface area contributed by atoms with Gasteiger partial charge in [-0.25, -0.2) is 13.2 Å². The summed E-state index contributed by atoms with van der Waals surface area (Å²) in [7, 11) is -4.19. The minimum Gasteiger partial charge on any atom is -0.478 e. The molecule has 0 aliphatic heterocycles. The average Bonchev–Trinajstić information content (AvgIpc) is 2.37. The van der Waals surface area contributed by atoms with Gasteiger partial charge in [-0.05, 0) is 37.5 Å². The molecule has 1 aromatic carbocycles. The van der Waals surface area contributed by atoms with E-state index < -0.39 is 43.3 Å². The molecule has 0 fully saturated rings. The van der Waals surface area contributed by atoms with Crippen LogP contribution in [0.3, 0.4) is 0 Å². The Morgan fingerprint density at radius 3 is 2.09 bits per heavy atom. The molecule has 0 aliphatic rings. The molecular weight excluding hydrogens is 321 g/mol. The number of sulfone groups is 1. The van der Waals surface area contributed by atoms with Crippen molar-refractivity contribution in [3.8, 4) is 0 Å². The van der Waals surface area contributed by atoms with Gasteiger partial charge in [0, 0.05) is 0 Å². The highest BCUT2D eigenvalue weighted by molar-refractivity contribution is 7.92. The van der Waals surface area contributed by atoms with Crippen molar-refractivity contribution in [2.45, 2.75) is 49.9 Å². The van der Waals surface area contributed by atoms with E-state index in [1.807, 2.05) is 0 Å². The number of carbonyl (C=O) groups is 1. The third-order valence-corrected chi connectivity index (χ3v) is 6.01. The Balaban J connectivity index is 3.75. The fourth-order valence-electron chi connectivity index (χ4n) is 2.28. The summed E-state index contributed by atoms with van der Waals surface area (Å²) in [6.07, 6.45) is -4.60. The molecule has 0 saturated heterocycles. The number of hydrogen-bond acceptors (Lipinski definition) is 3. The molecular formula is C14H17F3O4S. The number of aromatic carboxylic acids is 1. The Morgan fingerprint density at radius 1 is 1.23 bits per heavy atom. The minimum absolute atomic E-state index is 0.0231. The van der Waals surface area contributed by atoms with Gasteiger partial charge in [-0.2, -0.15) is 13.2 Å². The van der Waals surface area contributed by atoms with E-state index in [1.54, 1.807) is 13.8 Å². The Labute approximate surface area is 126 Å². The highest BCUT2D eigenvalue weighted by Gasteiger charge is 2.40. The van der Waals surface area contributed by atoms with Gasteiger partial charge in [0.1, 0.15) is 0 Å². The molecule has 0 saturated carbocycles. The SMILES string of the molecule is CCC(CC)S(=O)(=O)c1cc(C)c(C(=O)O)cc1C(F)(F)F. The third-order valence-electron chi connectivity index (χ3n) is 3.52. The second kappa shape index (κ2) is 6.28. The maximum atomic E-state index is 13.2.